The van der Waals surface area contributed by atoms with Gasteiger partial charge in [0.2, 0.25) is 5.82 Å². The van der Waals surface area contributed by atoms with Gasteiger partial charge in [-0.05, 0) is 0 Å². The maximum Gasteiger partial charge on any atom is 0.707 e. The molecule has 0 unspecified atom stereocenters. The average Bonchev–Trinajstić information content (AvgIpc) is 2.42. The average molecular weight is 314 g/mol. The summed E-state index contributed by atoms with van der Waals surface area (Å²) >= 11 is 0. The SMILES string of the molecule is OB(O)Oc1c(F)c(F)c(F)c2c(F)c(F)c(F)c(F)c12. The van der Waals surface area contributed by atoms with Crippen molar-refractivity contribution >= 4 is 18.1 Å². The maximum atomic E-state index is 13.6. The summed E-state index contributed by atoms with van der Waals surface area (Å²) in [6.45, 7) is 0. The van der Waals surface area contributed by atoms with E-state index in [1.807, 2.05) is 0 Å². The van der Waals surface area contributed by atoms with Crippen LogP contribution in [0.1, 0.15) is 0 Å². The monoisotopic (exact) mass is 314 g/mol. The van der Waals surface area contributed by atoms with Gasteiger partial charge in [-0.3, -0.25) is 0 Å². The molecule has 2 aromatic rings. The van der Waals surface area contributed by atoms with Crippen molar-refractivity contribution in [2.24, 2.45) is 0 Å². The Bertz CT molecular complexity index is 742. The summed E-state index contributed by atoms with van der Waals surface area (Å²) in [6, 6.07) is 0. The van der Waals surface area contributed by atoms with Crippen LogP contribution in [-0.2, 0) is 0 Å². The Kier molecular flexibility index (Phi) is 3.72. The lowest BCUT2D eigenvalue weighted by Gasteiger charge is -2.13. The fourth-order valence-corrected chi connectivity index (χ4v) is 1.68. The first-order valence-corrected chi connectivity index (χ1v) is 5.03. The van der Waals surface area contributed by atoms with Crippen molar-refractivity contribution in [2.45, 2.75) is 0 Å². The first-order chi connectivity index (χ1) is 9.68. The molecule has 21 heavy (non-hydrogen) atoms. The predicted octanol–water partition coefficient (Wildman–Crippen LogP) is 2.16. The van der Waals surface area contributed by atoms with E-state index in [9.17, 15) is 30.7 Å². The largest absolute Gasteiger partial charge is 0.707 e. The topological polar surface area (TPSA) is 49.7 Å². The van der Waals surface area contributed by atoms with Gasteiger partial charge in [-0.1, -0.05) is 0 Å². The van der Waals surface area contributed by atoms with E-state index in [0.717, 1.165) is 0 Å². The van der Waals surface area contributed by atoms with Crippen LogP contribution in [0.5, 0.6) is 5.75 Å². The molecule has 0 aromatic heterocycles. The molecule has 0 amide bonds. The number of hydrogen-bond donors (Lipinski definition) is 2. The second kappa shape index (κ2) is 5.08. The smallest absolute Gasteiger partial charge is 0.509 e. The minimum absolute atomic E-state index is 1.66. The van der Waals surface area contributed by atoms with Crippen molar-refractivity contribution in [1.82, 2.24) is 0 Å². The van der Waals surface area contributed by atoms with E-state index in [4.69, 9.17) is 10.0 Å². The van der Waals surface area contributed by atoms with E-state index in [1.165, 1.54) is 0 Å². The lowest BCUT2D eigenvalue weighted by Crippen LogP contribution is -2.22. The van der Waals surface area contributed by atoms with Gasteiger partial charge in [0.1, 0.15) is 0 Å². The number of fused-ring (bicyclic) bond motifs is 1. The van der Waals surface area contributed by atoms with Gasteiger partial charge in [-0.15, -0.1) is 0 Å². The van der Waals surface area contributed by atoms with Crippen LogP contribution in [0.2, 0.25) is 0 Å². The Balaban J connectivity index is 3.09. The molecule has 0 spiro atoms. The van der Waals surface area contributed by atoms with Gasteiger partial charge < -0.3 is 14.7 Å². The first-order valence-electron chi connectivity index (χ1n) is 5.03. The molecule has 0 saturated carbocycles. The van der Waals surface area contributed by atoms with Crippen LogP contribution in [0.15, 0.2) is 0 Å². The third-order valence-corrected chi connectivity index (χ3v) is 2.52. The summed E-state index contributed by atoms with van der Waals surface area (Å²) in [4.78, 5) is 0. The zero-order valence-corrected chi connectivity index (χ0v) is 9.53. The first kappa shape index (κ1) is 15.4. The molecular weight excluding hydrogens is 312 g/mol. The lowest BCUT2D eigenvalue weighted by molar-refractivity contribution is 0.279. The van der Waals surface area contributed by atoms with Gasteiger partial charge in [0, 0.05) is 0 Å². The fraction of sp³-hybridized carbons (Fsp3) is 0. The molecule has 0 radical (unpaired) electrons. The summed E-state index contributed by atoms with van der Waals surface area (Å²) in [7, 11) is -2.84. The molecule has 2 N–H and O–H groups in total. The van der Waals surface area contributed by atoms with Crippen molar-refractivity contribution in [3.05, 3.63) is 40.7 Å². The van der Waals surface area contributed by atoms with E-state index >= 15 is 0 Å². The third-order valence-electron chi connectivity index (χ3n) is 2.52. The minimum atomic E-state index is -2.84. The molecule has 11 heteroatoms. The van der Waals surface area contributed by atoms with Crippen molar-refractivity contribution in [3.8, 4) is 5.75 Å². The molecule has 3 nitrogen and oxygen atoms in total. The van der Waals surface area contributed by atoms with Gasteiger partial charge >= 0.3 is 7.32 Å². The van der Waals surface area contributed by atoms with Crippen molar-refractivity contribution < 1.29 is 45.4 Å². The highest BCUT2D eigenvalue weighted by atomic mass is 19.2. The van der Waals surface area contributed by atoms with Gasteiger partial charge in [-0.25, -0.2) is 26.3 Å². The van der Waals surface area contributed by atoms with Crippen LogP contribution >= 0.6 is 0 Å². The van der Waals surface area contributed by atoms with Gasteiger partial charge in [0.25, 0.3) is 0 Å². The van der Waals surface area contributed by atoms with Gasteiger partial charge in [-0.2, -0.15) is 4.39 Å². The number of halogens is 7. The lowest BCUT2D eigenvalue weighted by atomic mass is 10.0. The predicted molar refractivity (Wildman–Crippen MR) is 54.5 cm³/mol. The zero-order chi connectivity index (χ0) is 16.1. The molecule has 0 fully saturated rings. The summed E-state index contributed by atoms with van der Waals surface area (Å²) in [5.41, 5.74) is 0. The normalized spacial score (nSPS) is 11.1. The van der Waals surface area contributed by atoms with Crippen LogP contribution in [0, 0.1) is 40.7 Å². The number of rotatable bonds is 2. The summed E-state index contributed by atoms with van der Waals surface area (Å²) in [5, 5.41) is 13.6. The van der Waals surface area contributed by atoms with Crippen LogP contribution in [-0.4, -0.2) is 17.4 Å². The fourth-order valence-electron chi connectivity index (χ4n) is 1.68. The third kappa shape index (κ3) is 2.18. The van der Waals surface area contributed by atoms with E-state index in [-0.39, 0.29) is 0 Å². The Morgan fingerprint density at radius 1 is 0.571 bits per heavy atom. The highest BCUT2D eigenvalue weighted by Gasteiger charge is 2.32. The highest BCUT2D eigenvalue weighted by Crippen LogP contribution is 2.38. The van der Waals surface area contributed by atoms with Crippen LogP contribution in [0.25, 0.3) is 10.8 Å². The molecule has 2 aromatic carbocycles. The summed E-state index contributed by atoms with van der Waals surface area (Å²) in [6.07, 6.45) is 0. The quantitative estimate of drug-likeness (QED) is 0.387. The minimum Gasteiger partial charge on any atom is -0.509 e. The molecule has 0 atom stereocenters. The Hall–Kier alpha value is -2.01. The molecular formula is C10H2BF7O3. The maximum absolute atomic E-state index is 13.6. The summed E-state index contributed by atoms with van der Waals surface area (Å²) < 4.78 is 97.1. The summed E-state index contributed by atoms with van der Waals surface area (Å²) in [5.74, 6) is -18.3. The molecule has 0 heterocycles. The van der Waals surface area contributed by atoms with E-state index in [0.29, 0.717) is 0 Å². The molecule has 112 valence electrons. The van der Waals surface area contributed by atoms with Crippen LogP contribution < -0.4 is 4.65 Å². The van der Waals surface area contributed by atoms with Crippen molar-refractivity contribution in [1.29, 1.82) is 0 Å². The van der Waals surface area contributed by atoms with Crippen LogP contribution in [0.4, 0.5) is 30.7 Å². The van der Waals surface area contributed by atoms with E-state index in [2.05, 4.69) is 4.65 Å². The number of hydrogen-bond acceptors (Lipinski definition) is 3. The van der Waals surface area contributed by atoms with Gasteiger partial charge in [0.05, 0.1) is 10.8 Å². The molecule has 0 aliphatic rings. The highest BCUT2D eigenvalue weighted by molar-refractivity contribution is 6.34. The Labute approximate surface area is 111 Å². The molecule has 0 aliphatic heterocycles. The van der Waals surface area contributed by atoms with E-state index in [1.54, 1.807) is 0 Å². The Morgan fingerprint density at radius 2 is 0.952 bits per heavy atom. The van der Waals surface area contributed by atoms with E-state index < -0.39 is 64.6 Å². The standard InChI is InChI=1S/C10H2BF7O3/c12-3-1-2(5(14)7(16)6(3)15)10(21-11(19)20)9(18)8(17)4(1)13/h19-20H. The Morgan fingerprint density at radius 3 is 1.38 bits per heavy atom. The van der Waals surface area contributed by atoms with Crippen molar-refractivity contribution in [2.75, 3.05) is 0 Å². The molecule has 0 saturated heterocycles. The van der Waals surface area contributed by atoms with Gasteiger partial charge in [0.15, 0.2) is 40.7 Å². The second-order valence-electron chi connectivity index (χ2n) is 3.72. The molecule has 0 bridgehead atoms. The molecule has 0 aliphatic carbocycles. The molecule has 2 rings (SSSR count). The second-order valence-corrected chi connectivity index (χ2v) is 3.72. The zero-order valence-electron chi connectivity index (χ0n) is 9.53. The van der Waals surface area contributed by atoms with Crippen LogP contribution in [0.3, 0.4) is 0 Å². The number of benzene rings is 2. The van der Waals surface area contributed by atoms with Crippen molar-refractivity contribution in [3.63, 3.8) is 0 Å².